The number of aromatic nitrogens is 3. The van der Waals surface area contributed by atoms with E-state index in [-0.39, 0.29) is 44.8 Å². The van der Waals surface area contributed by atoms with Crippen LogP contribution >= 0.6 is 0 Å². The van der Waals surface area contributed by atoms with Crippen molar-refractivity contribution in [3.63, 3.8) is 0 Å². The van der Waals surface area contributed by atoms with Gasteiger partial charge in [-0.2, -0.15) is 0 Å². The number of aliphatic carboxylic acids is 1. The molecule has 4 aromatic rings. The number of nitrogens with one attached hydrogen (secondary N) is 3. The number of likely N-dealkylation sites (N-methyl/N-ethyl adjacent to an activating group) is 1. The number of benzene rings is 3. The van der Waals surface area contributed by atoms with Crippen LogP contribution in [-0.4, -0.2) is 116 Å². The number of Topliss-reactive ketones (excluding diaryl/α,β-unsaturated/α-hetero) is 1. The minimum atomic E-state index is -1.35. The maximum absolute atomic E-state index is 15.4. The van der Waals surface area contributed by atoms with Crippen LogP contribution in [0.1, 0.15) is 54.2 Å². The zero-order valence-electron chi connectivity index (χ0n) is 37.3. The van der Waals surface area contributed by atoms with E-state index in [1.54, 1.807) is 46.3 Å². The van der Waals surface area contributed by atoms with E-state index in [0.717, 1.165) is 11.1 Å². The summed E-state index contributed by atoms with van der Waals surface area (Å²) >= 11 is 0. The molecule has 6 N–H and O–H groups in total. The van der Waals surface area contributed by atoms with Crippen molar-refractivity contribution in [3.05, 3.63) is 149 Å². The number of allylic oxidation sites excluding steroid dienone is 1. The third kappa shape index (κ3) is 12.2. The summed E-state index contributed by atoms with van der Waals surface area (Å²) in [6.07, 6.45) is 5.52. The van der Waals surface area contributed by atoms with Crippen LogP contribution in [0, 0.1) is 5.92 Å². The number of hydrogen-bond acceptors (Lipinski definition) is 12. The fraction of sp³-hybridized carbons (Fsp3) is 0.333. The van der Waals surface area contributed by atoms with E-state index in [1.807, 2.05) is 67.6 Å². The maximum Gasteiger partial charge on any atom is 0.410 e. The molecule has 4 atom stereocenters. The predicted molar refractivity (Wildman–Crippen MR) is 245 cm³/mol. The Balaban J connectivity index is 0.942. The first kappa shape index (κ1) is 47.9. The first-order valence-electron chi connectivity index (χ1n) is 22.2. The quantitative estimate of drug-likeness (QED) is 0.0654. The van der Waals surface area contributed by atoms with Gasteiger partial charge in [0.05, 0.1) is 29.9 Å². The van der Waals surface area contributed by atoms with E-state index in [4.69, 9.17) is 15.2 Å². The largest absolute Gasteiger partial charge is 0.478 e. The van der Waals surface area contributed by atoms with Gasteiger partial charge in [-0.3, -0.25) is 9.59 Å². The van der Waals surface area contributed by atoms with Gasteiger partial charge in [0.2, 0.25) is 5.91 Å². The molecular formula is C48H53FN10O9. The number of primary amides is 1. The van der Waals surface area contributed by atoms with Crippen molar-refractivity contribution < 1.29 is 47.7 Å². The highest BCUT2D eigenvalue weighted by molar-refractivity contribution is 6.18. The number of piperazine rings is 1. The molecular weight excluding hydrogens is 880 g/mol. The average Bonchev–Trinajstić information content (AvgIpc) is 3.83. The molecule has 1 aliphatic carbocycles. The first-order valence-corrected chi connectivity index (χ1v) is 22.2. The van der Waals surface area contributed by atoms with Crippen LogP contribution in [-0.2, 0) is 43.5 Å². The van der Waals surface area contributed by atoms with Crippen molar-refractivity contribution in [1.82, 2.24) is 40.3 Å². The van der Waals surface area contributed by atoms with Crippen molar-refractivity contribution in [2.24, 2.45) is 11.7 Å². The van der Waals surface area contributed by atoms with E-state index in [1.165, 1.54) is 21.9 Å². The molecule has 3 heterocycles. The number of alkyl carbamates (subject to hydrolysis) is 1. The minimum Gasteiger partial charge on any atom is -0.478 e. The Labute approximate surface area is 391 Å². The van der Waals surface area contributed by atoms with E-state index in [2.05, 4.69) is 26.3 Å². The number of nitrogens with two attached hydrogens (primary N) is 1. The third-order valence-electron chi connectivity index (χ3n) is 11.8. The molecule has 1 fully saturated rings. The van der Waals surface area contributed by atoms with Crippen molar-refractivity contribution in [2.75, 3.05) is 44.6 Å². The molecule has 3 aromatic carbocycles. The second-order valence-corrected chi connectivity index (χ2v) is 16.4. The van der Waals surface area contributed by atoms with E-state index in [0.29, 0.717) is 55.1 Å². The molecule has 0 bridgehead atoms. The standard InChI is InChI=1S/C48H53FN10O9/c1-2-56-27-36(45(62)63)43(60)35-25-37(49)42(26-41(35)56)57-20-22-58(23-21-57)48(66)68-30-33-15-17-34(18-16-33)52-44(61)40(14-9-19-51-46(50)64)59-28-39(54-55-59)38(24-31-10-5-3-6-11-31)53-47(65)67-29-32-12-7-4-8-13-32/h3-8,10-13,15-18,25-28,35,38,40-41H,2,9,14,19-24,29-30H2,1H3,(H,52,61)(H,53,65)(H,62,63)(H3,50,51,64). The molecule has 20 heteroatoms. The molecule has 5 amide bonds. The van der Waals surface area contributed by atoms with Gasteiger partial charge in [-0.05, 0) is 67.2 Å². The number of amides is 5. The molecule has 7 rings (SSSR count). The minimum absolute atomic E-state index is 0.0548. The highest BCUT2D eigenvalue weighted by Crippen LogP contribution is 2.35. The van der Waals surface area contributed by atoms with Gasteiger partial charge in [0, 0.05) is 51.2 Å². The van der Waals surface area contributed by atoms with Gasteiger partial charge in [-0.25, -0.2) is 28.3 Å². The third-order valence-corrected chi connectivity index (χ3v) is 11.8. The molecule has 3 aliphatic rings. The smallest absolute Gasteiger partial charge is 0.410 e. The number of carboxylic acid groups (broad SMARTS) is 1. The lowest BCUT2D eigenvalue weighted by Crippen LogP contribution is -2.50. The zero-order valence-corrected chi connectivity index (χ0v) is 37.3. The predicted octanol–water partition coefficient (Wildman–Crippen LogP) is 4.98. The molecule has 4 unspecified atom stereocenters. The number of ketones is 1. The number of halogens is 1. The molecule has 19 nitrogen and oxygen atoms in total. The first-order chi connectivity index (χ1) is 32.9. The summed E-state index contributed by atoms with van der Waals surface area (Å²) in [6.45, 7) is 3.57. The van der Waals surface area contributed by atoms with E-state index >= 15 is 4.39 Å². The molecule has 68 heavy (non-hydrogen) atoms. The summed E-state index contributed by atoms with van der Waals surface area (Å²) < 4.78 is 28.0. The number of rotatable bonds is 18. The number of anilines is 1. The van der Waals surface area contributed by atoms with Crippen molar-refractivity contribution in [1.29, 1.82) is 0 Å². The molecule has 1 saturated heterocycles. The summed E-state index contributed by atoms with van der Waals surface area (Å²) in [5.41, 5.74) is 8.42. The maximum atomic E-state index is 15.4. The van der Waals surface area contributed by atoms with Crippen LogP contribution in [0.2, 0.25) is 0 Å². The number of urea groups is 1. The number of hydrogen-bond donors (Lipinski definition) is 5. The van der Waals surface area contributed by atoms with Crippen LogP contribution in [0.4, 0.5) is 24.5 Å². The number of carbonyl (C=O) groups is 6. The van der Waals surface area contributed by atoms with Gasteiger partial charge >= 0.3 is 24.2 Å². The summed E-state index contributed by atoms with van der Waals surface area (Å²) in [5, 5.41) is 26.5. The van der Waals surface area contributed by atoms with Gasteiger partial charge in [0.1, 0.15) is 36.3 Å². The Morgan fingerprint density at radius 2 is 1.54 bits per heavy atom. The van der Waals surface area contributed by atoms with Gasteiger partial charge < -0.3 is 51.0 Å². The Bertz CT molecular complexity index is 2540. The van der Waals surface area contributed by atoms with Crippen LogP contribution < -0.4 is 21.7 Å². The number of carbonyl (C=O) groups excluding carboxylic acids is 5. The van der Waals surface area contributed by atoms with Crippen molar-refractivity contribution in [3.8, 4) is 0 Å². The van der Waals surface area contributed by atoms with Crippen LogP contribution in [0.25, 0.3) is 0 Å². The summed E-state index contributed by atoms with van der Waals surface area (Å²) in [5.74, 6) is -3.99. The molecule has 0 saturated carbocycles. The number of fused-ring (bicyclic) bond motifs is 1. The number of carboxylic acids is 1. The number of ether oxygens (including phenoxy) is 2. The summed E-state index contributed by atoms with van der Waals surface area (Å²) in [7, 11) is 0. The highest BCUT2D eigenvalue weighted by Gasteiger charge is 2.41. The van der Waals surface area contributed by atoms with E-state index < -0.39 is 65.7 Å². The van der Waals surface area contributed by atoms with E-state index in [9.17, 15) is 33.9 Å². The Hall–Kier alpha value is -8.03. The molecule has 0 spiro atoms. The van der Waals surface area contributed by atoms with Crippen LogP contribution in [0.3, 0.4) is 0 Å². The normalized spacial score (nSPS) is 17.6. The number of nitrogens with zero attached hydrogens (tertiary/aromatic N) is 6. The second kappa shape index (κ2) is 22.4. The molecule has 2 aliphatic heterocycles. The SMILES string of the molecule is CCN1C=C(C(=O)O)C(=O)C2C=C(F)C(N3CCN(C(=O)OCc4ccc(NC(=O)C(CCCNC(N)=O)n5cc(C(Cc6ccccc6)NC(=O)OCc6ccccc6)nn5)cc4)CC3)=CC21. The Morgan fingerprint density at radius 1 is 0.882 bits per heavy atom. The van der Waals surface area contributed by atoms with Crippen molar-refractivity contribution in [2.45, 2.75) is 57.5 Å². The van der Waals surface area contributed by atoms with Crippen LogP contribution in [0.15, 0.2) is 127 Å². The zero-order chi connectivity index (χ0) is 48.2. The summed E-state index contributed by atoms with van der Waals surface area (Å²) in [4.78, 5) is 80.9. The monoisotopic (exact) mass is 932 g/mol. The lowest BCUT2D eigenvalue weighted by Gasteiger charge is -2.42. The van der Waals surface area contributed by atoms with Gasteiger partial charge in [0.15, 0.2) is 5.78 Å². The Kier molecular flexibility index (Phi) is 15.8. The fourth-order valence-corrected chi connectivity index (χ4v) is 8.19. The second-order valence-electron chi connectivity index (χ2n) is 16.4. The summed E-state index contributed by atoms with van der Waals surface area (Å²) in [6, 6.07) is 22.7. The van der Waals surface area contributed by atoms with Gasteiger partial charge in [0.25, 0.3) is 0 Å². The average molecular weight is 933 g/mol. The fourth-order valence-electron chi connectivity index (χ4n) is 8.19. The lowest BCUT2D eigenvalue weighted by atomic mass is 9.82. The topological polar surface area (TPSA) is 244 Å². The van der Waals surface area contributed by atoms with Gasteiger partial charge in [-0.15, -0.1) is 5.10 Å². The van der Waals surface area contributed by atoms with Crippen LogP contribution in [0.5, 0.6) is 0 Å². The Morgan fingerprint density at radius 3 is 2.21 bits per heavy atom. The molecule has 356 valence electrons. The van der Waals surface area contributed by atoms with Gasteiger partial charge in [-0.1, -0.05) is 78.0 Å². The lowest BCUT2D eigenvalue weighted by molar-refractivity contribution is -0.136. The molecule has 0 radical (unpaired) electrons. The van der Waals surface area contributed by atoms with Crippen molar-refractivity contribution >= 4 is 41.6 Å². The highest BCUT2D eigenvalue weighted by atomic mass is 19.1. The molecule has 1 aromatic heterocycles.